The third-order valence-electron chi connectivity index (χ3n) is 8.64. The van der Waals surface area contributed by atoms with Gasteiger partial charge in [-0.3, -0.25) is 9.59 Å². The van der Waals surface area contributed by atoms with Gasteiger partial charge in [-0.1, -0.05) is 13.8 Å². The average Bonchev–Trinajstić information content (AvgIpc) is 3.31. The number of cyclic esters (lactones) is 1. The number of carbonyl (C=O) groups excluding carboxylic acids is 2. The van der Waals surface area contributed by atoms with Crippen LogP contribution in [0, 0.1) is 12.7 Å². The van der Waals surface area contributed by atoms with E-state index in [1.807, 2.05) is 6.92 Å². The van der Waals surface area contributed by atoms with Crippen LogP contribution < -0.4 is 5.56 Å². The molecule has 1 aliphatic carbocycles. The van der Waals surface area contributed by atoms with Crippen molar-refractivity contribution in [1.82, 2.24) is 14.5 Å². The molecule has 1 amide bonds. The maximum atomic E-state index is 15.1. The number of fused-ring (bicyclic) bond motifs is 5. The number of aliphatic hydroxyl groups is 2. The smallest absolute Gasteiger partial charge is 0.343 e. The SMILES string of the molecule is CCCN(C(=O)CO)[C@H]1CCc2c(C)c(F)cc3nc4c(c1c23)Cn1c-4cc2c(c1=O)COC(=O)[C@]2(O)CC. The number of esters is 1. The highest BCUT2D eigenvalue weighted by atomic mass is 19.1. The zero-order valence-electron chi connectivity index (χ0n) is 22.1. The van der Waals surface area contributed by atoms with Crippen molar-refractivity contribution in [2.24, 2.45) is 0 Å². The molecule has 4 heterocycles. The van der Waals surface area contributed by atoms with E-state index in [1.54, 1.807) is 29.4 Å². The van der Waals surface area contributed by atoms with Crippen molar-refractivity contribution in [2.45, 2.75) is 71.2 Å². The van der Waals surface area contributed by atoms with E-state index in [2.05, 4.69) is 0 Å². The van der Waals surface area contributed by atoms with Crippen LogP contribution in [-0.2, 0) is 39.5 Å². The van der Waals surface area contributed by atoms with Gasteiger partial charge in [0.1, 0.15) is 19.0 Å². The number of aromatic nitrogens is 2. The second kappa shape index (κ2) is 8.96. The molecule has 0 bridgehead atoms. The van der Waals surface area contributed by atoms with Crippen molar-refractivity contribution in [1.29, 1.82) is 0 Å². The summed E-state index contributed by atoms with van der Waals surface area (Å²) >= 11 is 0. The minimum absolute atomic E-state index is 0.0240. The van der Waals surface area contributed by atoms with Gasteiger partial charge in [0.15, 0.2) is 5.60 Å². The number of hydrogen-bond donors (Lipinski definition) is 2. The van der Waals surface area contributed by atoms with Crippen molar-refractivity contribution in [3.8, 4) is 11.4 Å². The summed E-state index contributed by atoms with van der Waals surface area (Å²) in [5.74, 6) is -1.58. The van der Waals surface area contributed by atoms with Gasteiger partial charge in [-0.05, 0) is 55.4 Å². The first kappa shape index (κ1) is 25.6. The lowest BCUT2D eigenvalue weighted by molar-refractivity contribution is -0.172. The average molecular weight is 536 g/mol. The van der Waals surface area contributed by atoms with Crippen LogP contribution in [0.15, 0.2) is 16.9 Å². The molecule has 1 aromatic carbocycles. The summed E-state index contributed by atoms with van der Waals surface area (Å²) < 4.78 is 21.8. The molecule has 204 valence electrons. The van der Waals surface area contributed by atoms with Crippen molar-refractivity contribution in [2.75, 3.05) is 13.2 Å². The summed E-state index contributed by atoms with van der Waals surface area (Å²) in [4.78, 5) is 45.7. The second-order valence-electron chi connectivity index (χ2n) is 10.6. The molecule has 10 heteroatoms. The molecule has 2 N–H and O–H groups in total. The Balaban J connectivity index is 1.67. The summed E-state index contributed by atoms with van der Waals surface area (Å²) in [7, 11) is 0. The van der Waals surface area contributed by atoms with Crippen LogP contribution in [-0.4, -0.2) is 49.7 Å². The number of hydrogen-bond acceptors (Lipinski definition) is 7. The molecule has 2 atom stereocenters. The molecule has 3 aliphatic rings. The van der Waals surface area contributed by atoms with Crippen LogP contribution in [0.5, 0.6) is 0 Å². The Labute approximate surface area is 223 Å². The molecule has 3 aromatic rings. The van der Waals surface area contributed by atoms with Gasteiger partial charge < -0.3 is 24.4 Å². The fourth-order valence-corrected chi connectivity index (χ4v) is 6.63. The Morgan fingerprint density at radius 1 is 1.26 bits per heavy atom. The number of benzene rings is 1. The molecule has 0 spiro atoms. The minimum Gasteiger partial charge on any atom is -0.458 e. The fraction of sp³-hybridized carbons (Fsp3) is 0.448. The van der Waals surface area contributed by atoms with Gasteiger partial charge in [0, 0.05) is 29.1 Å². The summed E-state index contributed by atoms with van der Waals surface area (Å²) in [5, 5.41) is 21.7. The van der Waals surface area contributed by atoms with Gasteiger partial charge in [0.2, 0.25) is 5.91 Å². The van der Waals surface area contributed by atoms with Crippen molar-refractivity contribution in [3.63, 3.8) is 0 Å². The predicted molar refractivity (Wildman–Crippen MR) is 139 cm³/mol. The molecule has 2 aromatic heterocycles. The largest absolute Gasteiger partial charge is 0.458 e. The highest BCUT2D eigenvalue weighted by Gasteiger charge is 2.46. The van der Waals surface area contributed by atoms with Gasteiger partial charge in [-0.15, -0.1) is 0 Å². The topological polar surface area (TPSA) is 122 Å². The van der Waals surface area contributed by atoms with Crippen LogP contribution in [0.1, 0.15) is 72.5 Å². The van der Waals surface area contributed by atoms with Crippen LogP contribution in [0.2, 0.25) is 0 Å². The molecule has 6 rings (SSSR count). The summed E-state index contributed by atoms with van der Waals surface area (Å²) in [5.41, 5.74) is 2.32. The van der Waals surface area contributed by atoms with Crippen molar-refractivity contribution >= 4 is 22.8 Å². The lowest BCUT2D eigenvalue weighted by Crippen LogP contribution is -2.44. The first-order valence-corrected chi connectivity index (χ1v) is 13.4. The van der Waals surface area contributed by atoms with Crippen LogP contribution in [0.3, 0.4) is 0 Å². The van der Waals surface area contributed by atoms with E-state index >= 15 is 4.39 Å². The first-order chi connectivity index (χ1) is 18.7. The molecule has 2 aliphatic heterocycles. The maximum Gasteiger partial charge on any atom is 0.343 e. The van der Waals surface area contributed by atoms with E-state index in [4.69, 9.17) is 9.72 Å². The lowest BCUT2D eigenvalue weighted by atomic mass is 9.81. The number of halogens is 1. The van der Waals surface area contributed by atoms with Gasteiger partial charge in [0.25, 0.3) is 5.56 Å². The van der Waals surface area contributed by atoms with Crippen molar-refractivity contribution in [3.05, 3.63) is 61.7 Å². The number of amides is 1. The summed E-state index contributed by atoms with van der Waals surface area (Å²) in [6, 6.07) is 2.62. The van der Waals surface area contributed by atoms with E-state index < -0.39 is 30.1 Å². The number of aryl methyl sites for hydroxylation is 1. The highest BCUT2D eigenvalue weighted by molar-refractivity contribution is 5.94. The van der Waals surface area contributed by atoms with E-state index in [0.29, 0.717) is 48.3 Å². The molecule has 0 saturated heterocycles. The Kier molecular flexibility index (Phi) is 5.89. The van der Waals surface area contributed by atoms with E-state index in [9.17, 15) is 24.6 Å². The zero-order chi connectivity index (χ0) is 27.8. The van der Waals surface area contributed by atoms with Gasteiger partial charge in [-0.25, -0.2) is 14.2 Å². The number of ether oxygens (including phenoxy) is 1. The van der Waals surface area contributed by atoms with Gasteiger partial charge in [-0.2, -0.15) is 0 Å². The molecule has 9 nitrogen and oxygen atoms in total. The standard InChI is InChI=1S/C29H30FN3O6/c1-4-8-32(23(35)12-34)21-7-6-15-14(3)19(30)10-20-24(15)25(21)16-11-33-22(26(16)31-20)9-18-17(27(33)36)13-39-28(37)29(18,38)5-2/h9-10,21,34,38H,4-8,11-13H2,1-3H3/t21-,29-/m0/s1. The first-order valence-electron chi connectivity index (χ1n) is 13.4. The third kappa shape index (κ3) is 3.44. The summed E-state index contributed by atoms with van der Waals surface area (Å²) in [6.45, 7) is 5.08. The maximum absolute atomic E-state index is 15.1. The van der Waals surface area contributed by atoms with Crippen molar-refractivity contribution < 1.29 is 28.9 Å². The number of rotatable bonds is 5. The molecule has 39 heavy (non-hydrogen) atoms. The van der Waals surface area contributed by atoms with Crippen LogP contribution >= 0.6 is 0 Å². The lowest BCUT2D eigenvalue weighted by Gasteiger charge is -2.37. The quantitative estimate of drug-likeness (QED) is 0.377. The molecular formula is C29H30FN3O6. The molecule has 0 fully saturated rings. The number of nitrogens with zero attached hydrogens (tertiary/aromatic N) is 3. The van der Waals surface area contributed by atoms with E-state index in [-0.39, 0.29) is 42.1 Å². The van der Waals surface area contributed by atoms with Gasteiger partial charge in [0.05, 0.1) is 35.1 Å². The van der Waals surface area contributed by atoms with Crippen LogP contribution in [0.4, 0.5) is 4.39 Å². The highest BCUT2D eigenvalue weighted by Crippen LogP contribution is 2.47. The number of aliphatic hydroxyl groups excluding tert-OH is 1. The number of carbonyl (C=O) groups is 2. The molecule has 0 radical (unpaired) electrons. The Morgan fingerprint density at radius 3 is 2.72 bits per heavy atom. The van der Waals surface area contributed by atoms with Crippen LogP contribution in [0.25, 0.3) is 22.3 Å². The Bertz CT molecular complexity index is 1650. The molecular weight excluding hydrogens is 505 g/mol. The Hall–Kier alpha value is -3.63. The zero-order valence-corrected chi connectivity index (χ0v) is 22.1. The fourth-order valence-electron chi connectivity index (χ4n) is 6.63. The predicted octanol–water partition coefficient (Wildman–Crippen LogP) is 2.75. The number of pyridine rings is 2. The normalized spacial score (nSPS) is 20.9. The summed E-state index contributed by atoms with van der Waals surface area (Å²) in [6.07, 6.45) is 1.79. The molecule has 0 saturated carbocycles. The molecule has 0 unspecified atom stereocenters. The monoisotopic (exact) mass is 535 g/mol. The minimum atomic E-state index is -1.96. The third-order valence-corrected chi connectivity index (χ3v) is 8.64. The van der Waals surface area contributed by atoms with E-state index in [1.165, 1.54) is 6.07 Å². The van der Waals surface area contributed by atoms with Gasteiger partial charge >= 0.3 is 5.97 Å². The second-order valence-corrected chi connectivity index (χ2v) is 10.6. The Morgan fingerprint density at radius 2 is 2.03 bits per heavy atom. The van der Waals surface area contributed by atoms with E-state index in [0.717, 1.165) is 22.1 Å².